The van der Waals surface area contributed by atoms with E-state index in [1.807, 2.05) is 0 Å². The zero-order valence-electron chi connectivity index (χ0n) is 9.48. The van der Waals surface area contributed by atoms with Crippen molar-refractivity contribution in [3.05, 3.63) is 36.1 Å². The molecule has 2 rings (SSSR count). The van der Waals surface area contributed by atoms with Crippen molar-refractivity contribution < 1.29 is 18.7 Å². The molecule has 0 unspecified atom stereocenters. The van der Waals surface area contributed by atoms with Crippen LogP contribution in [0.25, 0.3) is 10.4 Å². The molecular weight excluding hydrogens is 257 g/mol. The standard InChI is InChI=1S/C12H10FNO3S/c1-16-12(15)17-11-9(14)6-10(18-11)7-2-4-8(13)5-3-7/h2-6H,14H2,1H3. The van der Waals surface area contributed by atoms with E-state index in [0.29, 0.717) is 5.69 Å². The van der Waals surface area contributed by atoms with Crippen LogP contribution in [-0.4, -0.2) is 13.3 Å². The van der Waals surface area contributed by atoms with Gasteiger partial charge in [-0.2, -0.15) is 0 Å². The fraction of sp³-hybridized carbons (Fsp3) is 0.0833. The monoisotopic (exact) mass is 267 g/mol. The molecule has 6 heteroatoms. The molecule has 0 radical (unpaired) electrons. The molecule has 0 fully saturated rings. The van der Waals surface area contributed by atoms with Crippen LogP contribution in [0.1, 0.15) is 0 Å². The number of hydrogen-bond donors (Lipinski definition) is 1. The molecule has 0 saturated carbocycles. The average Bonchev–Trinajstić information content (AvgIpc) is 2.71. The van der Waals surface area contributed by atoms with E-state index in [9.17, 15) is 9.18 Å². The predicted molar refractivity (Wildman–Crippen MR) is 67.2 cm³/mol. The van der Waals surface area contributed by atoms with E-state index in [2.05, 4.69) is 4.74 Å². The molecule has 0 saturated heterocycles. The van der Waals surface area contributed by atoms with Gasteiger partial charge in [-0.15, -0.1) is 0 Å². The van der Waals surface area contributed by atoms with Crippen molar-refractivity contribution in [2.75, 3.05) is 12.8 Å². The molecule has 1 aromatic heterocycles. The van der Waals surface area contributed by atoms with Gasteiger partial charge < -0.3 is 15.2 Å². The largest absolute Gasteiger partial charge is 0.514 e. The van der Waals surface area contributed by atoms with E-state index in [1.54, 1.807) is 18.2 Å². The third-order valence-electron chi connectivity index (χ3n) is 2.20. The minimum Gasteiger partial charge on any atom is -0.437 e. The highest BCUT2D eigenvalue weighted by atomic mass is 32.1. The van der Waals surface area contributed by atoms with Crippen LogP contribution in [0.3, 0.4) is 0 Å². The second-order valence-electron chi connectivity index (χ2n) is 3.42. The maximum atomic E-state index is 12.8. The number of carbonyl (C=O) groups is 1. The lowest BCUT2D eigenvalue weighted by Gasteiger charge is -1.99. The molecule has 1 heterocycles. The first-order chi connectivity index (χ1) is 8.60. The van der Waals surface area contributed by atoms with Crippen molar-refractivity contribution in [1.82, 2.24) is 0 Å². The van der Waals surface area contributed by atoms with Crippen molar-refractivity contribution in [2.45, 2.75) is 0 Å². The number of anilines is 1. The first-order valence-corrected chi connectivity index (χ1v) is 5.83. The molecule has 0 aliphatic rings. The van der Waals surface area contributed by atoms with Crippen molar-refractivity contribution in [3.63, 3.8) is 0 Å². The topological polar surface area (TPSA) is 61.5 Å². The third kappa shape index (κ3) is 2.60. The zero-order chi connectivity index (χ0) is 13.1. The fourth-order valence-electron chi connectivity index (χ4n) is 1.34. The van der Waals surface area contributed by atoms with Crippen molar-refractivity contribution in [3.8, 4) is 15.5 Å². The van der Waals surface area contributed by atoms with Crippen LogP contribution < -0.4 is 10.5 Å². The van der Waals surface area contributed by atoms with Crippen LogP contribution in [0.4, 0.5) is 14.9 Å². The van der Waals surface area contributed by atoms with Gasteiger partial charge in [0.1, 0.15) is 5.82 Å². The normalized spacial score (nSPS) is 10.1. The predicted octanol–water partition coefficient (Wildman–Crippen LogP) is 3.28. The summed E-state index contributed by atoms with van der Waals surface area (Å²) in [5.74, 6) is -0.311. The summed E-state index contributed by atoms with van der Waals surface area (Å²) in [7, 11) is 1.22. The molecule has 4 nitrogen and oxygen atoms in total. The molecule has 18 heavy (non-hydrogen) atoms. The Morgan fingerprint density at radius 3 is 2.61 bits per heavy atom. The fourth-order valence-corrected chi connectivity index (χ4v) is 2.27. The Balaban J connectivity index is 2.28. The number of hydrogen-bond acceptors (Lipinski definition) is 5. The second kappa shape index (κ2) is 5.05. The summed E-state index contributed by atoms with van der Waals surface area (Å²) in [6.45, 7) is 0. The number of nitrogens with two attached hydrogens (primary N) is 1. The minimum absolute atomic E-state index is 0.265. The number of halogens is 1. The number of ether oxygens (including phenoxy) is 2. The quantitative estimate of drug-likeness (QED) is 0.848. The molecule has 0 aliphatic heterocycles. The lowest BCUT2D eigenvalue weighted by Crippen LogP contribution is -2.07. The van der Waals surface area contributed by atoms with Crippen LogP contribution >= 0.6 is 11.3 Å². The van der Waals surface area contributed by atoms with Gasteiger partial charge in [0.2, 0.25) is 5.06 Å². The molecule has 2 aromatic rings. The summed E-state index contributed by atoms with van der Waals surface area (Å²) < 4.78 is 22.1. The van der Waals surface area contributed by atoms with Gasteiger partial charge in [0, 0.05) is 4.88 Å². The summed E-state index contributed by atoms with van der Waals surface area (Å²) in [5.41, 5.74) is 6.85. The van der Waals surface area contributed by atoms with Crippen LogP contribution in [0.5, 0.6) is 5.06 Å². The Hall–Kier alpha value is -2.08. The number of methoxy groups -OCH3 is 1. The third-order valence-corrected chi connectivity index (χ3v) is 3.27. The maximum Gasteiger partial charge on any atom is 0.514 e. The highest BCUT2D eigenvalue weighted by Crippen LogP contribution is 2.39. The summed E-state index contributed by atoms with van der Waals surface area (Å²) in [6.07, 6.45) is -0.825. The number of carbonyl (C=O) groups excluding carboxylic acids is 1. The van der Waals surface area contributed by atoms with Gasteiger partial charge in [-0.05, 0) is 23.8 Å². The molecule has 94 valence electrons. The molecule has 0 amide bonds. The highest BCUT2D eigenvalue weighted by Gasteiger charge is 2.13. The van der Waals surface area contributed by atoms with Gasteiger partial charge in [0.05, 0.1) is 12.8 Å². The number of benzene rings is 1. The number of nitrogen functional groups attached to an aromatic ring is 1. The van der Waals surface area contributed by atoms with Crippen LogP contribution in [0.2, 0.25) is 0 Å². The van der Waals surface area contributed by atoms with Gasteiger partial charge in [-0.3, -0.25) is 0 Å². The first-order valence-electron chi connectivity index (χ1n) is 5.01. The summed E-state index contributed by atoms with van der Waals surface area (Å²) in [4.78, 5) is 11.8. The smallest absolute Gasteiger partial charge is 0.437 e. The van der Waals surface area contributed by atoms with Crippen LogP contribution in [0, 0.1) is 5.82 Å². The van der Waals surface area contributed by atoms with Gasteiger partial charge in [-0.25, -0.2) is 9.18 Å². The molecule has 0 aliphatic carbocycles. The summed E-state index contributed by atoms with van der Waals surface area (Å²) in [6, 6.07) is 7.62. The van der Waals surface area contributed by atoms with E-state index in [4.69, 9.17) is 10.5 Å². The van der Waals surface area contributed by atoms with Crippen molar-refractivity contribution in [1.29, 1.82) is 0 Å². The van der Waals surface area contributed by atoms with Gasteiger partial charge in [0.15, 0.2) is 0 Å². The molecule has 0 spiro atoms. The summed E-state index contributed by atoms with van der Waals surface area (Å²) >= 11 is 1.19. The van der Waals surface area contributed by atoms with E-state index < -0.39 is 6.16 Å². The molecule has 0 atom stereocenters. The van der Waals surface area contributed by atoms with Gasteiger partial charge in [0.25, 0.3) is 0 Å². The Morgan fingerprint density at radius 1 is 1.33 bits per heavy atom. The molecule has 2 N–H and O–H groups in total. The minimum atomic E-state index is -0.825. The SMILES string of the molecule is COC(=O)Oc1sc(-c2ccc(F)cc2)cc1N. The first kappa shape index (κ1) is 12.4. The van der Waals surface area contributed by atoms with Crippen LogP contribution in [-0.2, 0) is 4.74 Å². The number of thiophene rings is 1. The summed E-state index contributed by atoms with van der Waals surface area (Å²) in [5, 5.41) is 0.265. The van der Waals surface area contributed by atoms with Gasteiger partial charge >= 0.3 is 6.16 Å². The number of rotatable bonds is 2. The van der Waals surface area contributed by atoms with E-state index in [-0.39, 0.29) is 10.9 Å². The van der Waals surface area contributed by atoms with E-state index in [0.717, 1.165) is 10.4 Å². The Bertz CT molecular complexity index is 565. The lowest BCUT2D eigenvalue weighted by molar-refractivity contribution is 0.123. The Labute approximate surface area is 107 Å². The second-order valence-corrected chi connectivity index (χ2v) is 4.43. The average molecular weight is 267 g/mol. The van der Waals surface area contributed by atoms with Crippen molar-refractivity contribution in [2.24, 2.45) is 0 Å². The zero-order valence-corrected chi connectivity index (χ0v) is 10.3. The Morgan fingerprint density at radius 2 is 2.00 bits per heavy atom. The molecular formula is C12H10FNO3S. The van der Waals surface area contributed by atoms with Gasteiger partial charge in [-0.1, -0.05) is 23.5 Å². The van der Waals surface area contributed by atoms with Crippen molar-refractivity contribution >= 4 is 23.2 Å². The Kier molecular flexibility index (Phi) is 3.47. The lowest BCUT2D eigenvalue weighted by atomic mass is 10.2. The highest BCUT2D eigenvalue weighted by molar-refractivity contribution is 7.18. The van der Waals surface area contributed by atoms with E-state index in [1.165, 1.54) is 30.6 Å². The van der Waals surface area contributed by atoms with E-state index >= 15 is 0 Å². The molecule has 1 aromatic carbocycles. The maximum absolute atomic E-state index is 12.8. The molecule has 0 bridgehead atoms. The van der Waals surface area contributed by atoms with Crippen LogP contribution in [0.15, 0.2) is 30.3 Å².